The van der Waals surface area contributed by atoms with Gasteiger partial charge in [-0.25, -0.2) is 0 Å². The predicted molar refractivity (Wildman–Crippen MR) is 92.7 cm³/mol. The number of rotatable bonds is 5. The van der Waals surface area contributed by atoms with E-state index in [0.717, 1.165) is 11.3 Å². The Kier molecular flexibility index (Phi) is 5.01. The fourth-order valence-electron chi connectivity index (χ4n) is 2.32. The Balaban J connectivity index is 1.60. The zero-order valence-electron chi connectivity index (χ0n) is 13.5. The number of amides is 1. The van der Waals surface area contributed by atoms with Crippen molar-refractivity contribution in [3.05, 3.63) is 54.1 Å². The second-order valence-corrected chi connectivity index (χ2v) is 5.18. The normalized spacial score (nSPS) is 12.9. The maximum absolute atomic E-state index is 12.0. The largest absolute Gasteiger partial charge is 0.494 e. The minimum atomic E-state index is -0.208. The third-order valence-electron chi connectivity index (χ3n) is 3.43. The summed E-state index contributed by atoms with van der Waals surface area (Å²) in [6.07, 6.45) is 3.25. The van der Waals surface area contributed by atoms with E-state index >= 15 is 0 Å². The molecular formula is C19H19NO4. The van der Waals surface area contributed by atoms with E-state index in [1.165, 1.54) is 6.08 Å². The number of hydrogen-bond donors (Lipinski definition) is 1. The summed E-state index contributed by atoms with van der Waals surface area (Å²) in [4.78, 5) is 12.0. The minimum absolute atomic E-state index is 0.208. The summed E-state index contributed by atoms with van der Waals surface area (Å²) < 4.78 is 16.3. The lowest BCUT2D eigenvalue weighted by Gasteiger charge is -2.18. The Morgan fingerprint density at radius 2 is 1.88 bits per heavy atom. The van der Waals surface area contributed by atoms with Gasteiger partial charge in [0.2, 0.25) is 5.91 Å². The lowest BCUT2D eigenvalue weighted by molar-refractivity contribution is -0.111. The first-order valence-electron chi connectivity index (χ1n) is 7.86. The van der Waals surface area contributed by atoms with Crippen LogP contribution >= 0.6 is 0 Å². The van der Waals surface area contributed by atoms with Crippen LogP contribution in [0.3, 0.4) is 0 Å². The summed E-state index contributed by atoms with van der Waals surface area (Å²) in [5, 5.41) is 2.81. The van der Waals surface area contributed by atoms with Crippen molar-refractivity contribution in [1.29, 1.82) is 0 Å². The number of fused-ring (bicyclic) bond motifs is 1. The summed E-state index contributed by atoms with van der Waals surface area (Å²) in [6, 6.07) is 12.9. The first-order valence-corrected chi connectivity index (χ1v) is 7.86. The number of carbonyl (C=O) groups excluding carboxylic acids is 1. The highest BCUT2D eigenvalue weighted by atomic mass is 16.6. The molecule has 24 heavy (non-hydrogen) atoms. The number of ether oxygens (including phenoxy) is 3. The molecule has 5 nitrogen and oxygen atoms in total. The van der Waals surface area contributed by atoms with Gasteiger partial charge in [0.05, 0.1) is 6.61 Å². The molecule has 0 saturated heterocycles. The fraction of sp³-hybridized carbons (Fsp3) is 0.211. The molecule has 5 heteroatoms. The van der Waals surface area contributed by atoms with Crippen LogP contribution in [0.2, 0.25) is 0 Å². The van der Waals surface area contributed by atoms with Crippen LogP contribution in [0, 0.1) is 0 Å². The van der Waals surface area contributed by atoms with Gasteiger partial charge in [-0.05, 0) is 42.8 Å². The van der Waals surface area contributed by atoms with Crippen molar-refractivity contribution in [2.24, 2.45) is 0 Å². The van der Waals surface area contributed by atoms with Gasteiger partial charge < -0.3 is 19.5 Å². The number of anilines is 1. The summed E-state index contributed by atoms with van der Waals surface area (Å²) in [5.74, 6) is 1.95. The van der Waals surface area contributed by atoms with Crippen molar-refractivity contribution in [2.75, 3.05) is 25.1 Å². The van der Waals surface area contributed by atoms with Crippen LogP contribution in [-0.2, 0) is 4.79 Å². The Labute approximate surface area is 140 Å². The molecule has 0 saturated carbocycles. The molecule has 2 aromatic rings. The molecule has 1 amide bonds. The average Bonchev–Trinajstić information content (AvgIpc) is 2.61. The highest BCUT2D eigenvalue weighted by molar-refractivity contribution is 6.02. The van der Waals surface area contributed by atoms with Crippen LogP contribution in [-0.4, -0.2) is 25.7 Å². The van der Waals surface area contributed by atoms with Gasteiger partial charge in [0.1, 0.15) is 19.0 Å². The fourth-order valence-corrected chi connectivity index (χ4v) is 2.32. The Hall–Kier alpha value is -2.95. The number of carbonyl (C=O) groups is 1. The van der Waals surface area contributed by atoms with Crippen molar-refractivity contribution in [3.8, 4) is 17.2 Å². The van der Waals surface area contributed by atoms with Crippen LogP contribution < -0.4 is 19.5 Å². The van der Waals surface area contributed by atoms with E-state index in [9.17, 15) is 4.79 Å². The second-order valence-electron chi connectivity index (χ2n) is 5.18. The monoisotopic (exact) mass is 325 g/mol. The molecule has 1 aliphatic heterocycles. The quantitative estimate of drug-likeness (QED) is 0.855. The number of hydrogen-bond acceptors (Lipinski definition) is 4. The number of nitrogens with one attached hydrogen (secondary N) is 1. The van der Waals surface area contributed by atoms with Gasteiger partial charge >= 0.3 is 0 Å². The van der Waals surface area contributed by atoms with Crippen LogP contribution in [0.1, 0.15) is 12.5 Å². The molecule has 0 radical (unpaired) electrons. The number of benzene rings is 2. The van der Waals surface area contributed by atoms with Gasteiger partial charge in [-0.15, -0.1) is 0 Å². The molecule has 0 atom stereocenters. The third kappa shape index (κ3) is 4.07. The van der Waals surface area contributed by atoms with E-state index in [1.54, 1.807) is 24.3 Å². The molecule has 124 valence electrons. The van der Waals surface area contributed by atoms with Crippen molar-refractivity contribution >= 4 is 17.7 Å². The molecule has 1 aliphatic rings. The first-order chi connectivity index (χ1) is 11.7. The Morgan fingerprint density at radius 3 is 2.62 bits per heavy atom. The topological polar surface area (TPSA) is 56.8 Å². The first kappa shape index (κ1) is 15.9. The maximum Gasteiger partial charge on any atom is 0.248 e. The van der Waals surface area contributed by atoms with Crippen LogP contribution in [0.5, 0.6) is 17.2 Å². The lowest BCUT2D eigenvalue weighted by Crippen LogP contribution is -2.16. The molecule has 0 unspecified atom stereocenters. The van der Waals surface area contributed by atoms with Crippen molar-refractivity contribution in [1.82, 2.24) is 0 Å². The zero-order valence-corrected chi connectivity index (χ0v) is 13.5. The van der Waals surface area contributed by atoms with E-state index in [0.29, 0.717) is 37.0 Å². The summed E-state index contributed by atoms with van der Waals surface area (Å²) >= 11 is 0. The van der Waals surface area contributed by atoms with E-state index < -0.39 is 0 Å². The van der Waals surface area contributed by atoms with E-state index in [2.05, 4.69) is 5.32 Å². The van der Waals surface area contributed by atoms with Gasteiger partial charge in [0.15, 0.2) is 11.5 Å². The molecule has 3 rings (SSSR count). The van der Waals surface area contributed by atoms with E-state index in [1.807, 2.05) is 31.2 Å². The second kappa shape index (κ2) is 7.55. The average molecular weight is 325 g/mol. The van der Waals surface area contributed by atoms with Crippen molar-refractivity contribution in [2.45, 2.75) is 6.92 Å². The Morgan fingerprint density at radius 1 is 1.12 bits per heavy atom. The molecule has 1 heterocycles. The van der Waals surface area contributed by atoms with Gasteiger partial charge in [0, 0.05) is 17.8 Å². The SMILES string of the molecule is CCOc1ccc(/C=C/C(=O)Nc2ccc3c(c2)OCCO3)cc1. The predicted octanol–water partition coefficient (Wildman–Crippen LogP) is 3.51. The van der Waals surface area contributed by atoms with Gasteiger partial charge in [-0.3, -0.25) is 4.79 Å². The van der Waals surface area contributed by atoms with Gasteiger partial charge in [-0.1, -0.05) is 12.1 Å². The molecule has 0 aliphatic carbocycles. The molecule has 2 aromatic carbocycles. The maximum atomic E-state index is 12.0. The standard InChI is InChI=1S/C19H19NO4/c1-2-22-16-7-3-14(4-8-16)5-10-19(21)20-15-6-9-17-18(13-15)24-12-11-23-17/h3-10,13H,2,11-12H2,1H3,(H,20,21)/b10-5+. The Bertz CT molecular complexity index is 738. The smallest absolute Gasteiger partial charge is 0.248 e. The molecule has 0 fully saturated rings. The highest BCUT2D eigenvalue weighted by Crippen LogP contribution is 2.32. The highest BCUT2D eigenvalue weighted by Gasteiger charge is 2.12. The molecule has 0 aromatic heterocycles. The minimum Gasteiger partial charge on any atom is -0.494 e. The molecular weight excluding hydrogens is 306 g/mol. The summed E-state index contributed by atoms with van der Waals surface area (Å²) in [7, 11) is 0. The van der Waals surface area contributed by atoms with E-state index in [-0.39, 0.29) is 5.91 Å². The van der Waals surface area contributed by atoms with Gasteiger partial charge in [0.25, 0.3) is 0 Å². The summed E-state index contributed by atoms with van der Waals surface area (Å²) in [5.41, 5.74) is 1.59. The molecule has 0 spiro atoms. The lowest BCUT2D eigenvalue weighted by atomic mass is 10.2. The molecule has 0 bridgehead atoms. The van der Waals surface area contributed by atoms with Gasteiger partial charge in [-0.2, -0.15) is 0 Å². The van der Waals surface area contributed by atoms with Crippen LogP contribution in [0.15, 0.2) is 48.5 Å². The third-order valence-corrected chi connectivity index (χ3v) is 3.43. The van der Waals surface area contributed by atoms with Crippen molar-refractivity contribution in [3.63, 3.8) is 0 Å². The van der Waals surface area contributed by atoms with Crippen LogP contribution in [0.4, 0.5) is 5.69 Å². The molecule has 1 N–H and O–H groups in total. The zero-order chi connectivity index (χ0) is 16.8. The van der Waals surface area contributed by atoms with Crippen LogP contribution in [0.25, 0.3) is 6.08 Å². The summed E-state index contributed by atoms with van der Waals surface area (Å²) in [6.45, 7) is 3.63. The van der Waals surface area contributed by atoms with E-state index in [4.69, 9.17) is 14.2 Å². The van der Waals surface area contributed by atoms with Crippen molar-refractivity contribution < 1.29 is 19.0 Å².